The lowest BCUT2D eigenvalue weighted by Gasteiger charge is -2.03. The van der Waals surface area contributed by atoms with Crippen LogP contribution in [0.2, 0.25) is 5.02 Å². The molecule has 1 N–H and O–H groups in total. The van der Waals surface area contributed by atoms with Gasteiger partial charge in [-0.15, -0.1) is 0 Å². The summed E-state index contributed by atoms with van der Waals surface area (Å²) < 4.78 is 0.722. The zero-order chi connectivity index (χ0) is 14.8. The van der Waals surface area contributed by atoms with Crippen LogP contribution in [0.15, 0.2) is 51.9 Å². The minimum Gasteiger partial charge on any atom is -0.370 e. The molecule has 1 unspecified atom stereocenters. The maximum absolute atomic E-state index is 12.4. The third-order valence-electron chi connectivity index (χ3n) is 3.31. The fraction of sp³-hybridized carbons (Fsp3) is 0.125. The van der Waals surface area contributed by atoms with Crippen LogP contribution in [-0.2, 0) is 6.54 Å². The quantitative estimate of drug-likeness (QED) is 0.824. The van der Waals surface area contributed by atoms with Crippen LogP contribution < -0.4 is 5.32 Å². The minimum atomic E-state index is -0.449. The molecule has 1 aliphatic heterocycles. The summed E-state index contributed by atoms with van der Waals surface area (Å²) in [6.07, 6.45) is 1.65. The number of carbonyl (C=O) groups excluding carboxylic acids is 1. The van der Waals surface area contributed by atoms with Crippen molar-refractivity contribution >= 4 is 45.2 Å². The SMILES string of the molecule is O=C1c2c(ccc(Br)c2Cl)NC1C=NCc1ccccc1. The fourth-order valence-electron chi connectivity index (χ4n) is 2.25. The van der Waals surface area contributed by atoms with Crippen molar-refractivity contribution in [3.63, 3.8) is 0 Å². The van der Waals surface area contributed by atoms with E-state index in [4.69, 9.17) is 11.6 Å². The first-order chi connectivity index (χ1) is 10.2. The monoisotopic (exact) mass is 362 g/mol. The van der Waals surface area contributed by atoms with Crippen molar-refractivity contribution in [3.8, 4) is 0 Å². The Hall–Kier alpha value is -1.65. The molecule has 1 atom stereocenters. The van der Waals surface area contributed by atoms with Gasteiger partial charge in [0, 0.05) is 16.4 Å². The van der Waals surface area contributed by atoms with Gasteiger partial charge in [0.15, 0.2) is 5.78 Å². The number of fused-ring (bicyclic) bond motifs is 1. The van der Waals surface area contributed by atoms with Crippen molar-refractivity contribution in [1.29, 1.82) is 0 Å². The normalized spacial score (nSPS) is 17.0. The molecule has 0 aliphatic carbocycles. The number of ketones is 1. The van der Waals surface area contributed by atoms with Gasteiger partial charge in [-0.05, 0) is 33.6 Å². The zero-order valence-electron chi connectivity index (χ0n) is 11.0. The lowest BCUT2D eigenvalue weighted by Crippen LogP contribution is -2.23. The number of carbonyl (C=O) groups is 1. The molecule has 2 aromatic carbocycles. The van der Waals surface area contributed by atoms with Gasteiger partial charge >= 0.3 is 0 Å². The Bertz CT molecular complexity index is 716. The van der Waals surface area contributed by atoms with Gasteiger partial charge in [0.2, 0.25) is 0 Å². The standard InChI is InChI=1S/C16H12BrClN2O/c17-11-6-7-12-14(15(11)18)16(21)13(20-12)9-19-8-10-4-2-1-3-5-10/h1-7,9,13,20H,8H2. The van der Waals surface area contributed by atoms with Crippen LogP contribution in [0, 0.1) is 0 Å². The molecular weight excluding hydrogens is 352 g/mol. The Kier molecular flexibility index (Phi) is 4.08. The number of anilines is 1. The lowest BCUT2D eigenvalue weighted by atomic mass is 10.1. The molecule has 3 rings (SSSR count). The van der Waals surface area contributed by atoms with Crippen LogP contribution in [-0.4, -0.2) is 18.0 Å². The lowest BCUT2D eigenvalue weighted by molar-refractivity contribution is 0.1000. The number of nitrogens with zero attached hydrogens (tertiary/aromatic N) is 1. The summed E-state index contributed by atoms with van der Waals surface area (Å²) in [7, 11) is 0. The zero-order valence-corrected chi connectivity index (χ0v) is 13.4. The molecule has 0 bridgehead atoms. The van der Waals surface area contributed by atoms with E-state index in [9.17, 15) is 4.79 Å². The highest BCUT2D eigenvalue weighted by Gasteiger charge is 2.31. The number of nitrogens with one attached hydrogen (secondary N) is 1. The summed E-state index contributed by atoms with van der Waals surface area (Å²) >= 11 is 9.51. The number of hydrogen-bond acceptors (Lipinski definition) is 3. The Morgan fingerprint density at radius 3 is 2.76 bits per heavy atom. The molecule has 21 heavy (non-hydrogen) atoms. The average Bonchev–Trinajstić information content (AvgIpc) is 2.81. The average molecular weight is 364 g/mol. The summed E-state index contributed by atoms with van der Waals surface area (Å²) in [5.41, 5.74) is 2.39. The molecule has 5 heteroatoms. The first-order valence-corrected chi connectivity index (χ1v) is 7.66. The Morgan fingerprint density at radius 2 is 2.00 bits per heavy atom. The van der Waals surface area contributed by atoms with Gasteiger partial charge in [-0.3, -0.25) is 9.79 Å². The second-order valence-corrected chi connectivity index (χ2v) is 5.98. The summed E-state index contributed by atoms with van der Waals surface area (Å²) in [5, 5.41) is 3.58. The number of Topliss-reactive ketones (excluding diaryl/α,β-unsaturated/α-hetero) is 1. The highest BCUT2D eigenvalue weighted by atomic mass is 79.9. The Balaban J connectivity index is 1.75. The van der Waals surface area contributed by atoms with E-state index < -0.39 is 6.04 Å². The molecule has 1 heterocycles. The van der Waals surface area contributed by atoms with Crippen LogP contribution in [0.5, 0.6) is 0 Å². The number of rotatable bonds is 3. The van der Waals surface area contributed by atoms with Gasteiger partial charge in [0.25, 0.3) is 0 Å². The van der Waals surface area contributed by atoms with E-state index >= 15 is 0 Å². The van der Waals surface area contributed by atoms with Crippen molar-refractivity contribution < 1.29 is 4.79 Å². The second kappa shape index (κ2) is 6.00. The van der Waals surface area contributed by atoms with E-state index in [1.165, 1.54) is 0 Å². The summed E-state index contributed by atoms with van der Waals surface area (Å²) in [6, 6.07) is 13.1. The molecular formula is C16H12BrClN2O. The summed E-state index contributed by atoms with van der Waals surface area (Å²) in [6.45, 7) is 0.556. The van der Waals surface area contributed by atoms with E-state index in [2.05, 4.69) is 26.2 Å². The molecule has 2 aromatic rings. The molecule has 0 amide bonds. The van der Waals surface area contributed by atoms with Crippen molar-refractivity contribution in [3.05, 3.63) is 63.1 Å². The van der Waals surface area contributed by atoms with Crippen LogP contribution in [0.1, 0.15) is 15.9 Å². The molecule has 0 aromatic heterocycles. The van der Waals surface area contributed by atoms with Crippen molar-refractivity contribution in [2.75, 3.05) is 5.32 Å². The highest BCUT2D eigenvalue weighted by molar-refractivity contribution is 9.10. The number of hydrogen-bond donors (Lipinski definition) is 1. The third kappa shape index (κ3) is 2.87. The molecule has 0 saturated heterocycles. The number of halogens is 2. The molecule has 3 nitrogen and oxygen atoms in total. The smallest absolute Gasteiger partial charge is 0.194 e. The van der Waals surface area contributed by atoms with Gasteiger partial charge in [0.05, 0.1) is 17.1 Å². The second-order valence-electron chi connectivity index (χ2n) is 4.75. The molecule has 106 valence electrons. The molecule has 0 radical (unpaired) electrons. The topological polar surface area (TPSA) is 41.5 Å². The van der Waals surface area contributed by atoms with Gasteiger partial charge in [0.1, 0.15) is 6.04 Å². The maximum atomic E-state index is 12.4. The summed E-state index contributed by atoms with van der Waals surface area (Å²) in [5.74, 6) is -0.0480. The van der Waals surface area contributed by atoms with Gasteiger partial charge in [-0.2, -0.15) is 0 Å². The van der Waals surface area contributed by atoms with E-state index in [-0.39, 0.29) is 5.78 Å². The van der Waals surface area contributed by atoms with Gasteiger partial charge < -0.3 is 5.32 Å². The predicted molar refractivity (Wildman–Crippen MR) is 89.5 cm³/mol. The van der Waals surface area contributed by atoms with Crippen molar-refractivity contribution in [2.45, 2.75) is 12.6 Å². The number of aliphatic imine (C=N–C) groups is 1. The van der Waals surface area contributed by atoms with E-state index in [1.54, 1.807) is 6.21 Å². The van der Waals surface area contributed by atoms with Gasteiger partial charge in [-0.1, -0.05) is 41.9 Å². The summed E-state index contributed by atoms with van der Waals surface area (Å²) in [4.78, 5) is 16.7. The van der Waals surface area contributed by atoms with Gasteiger partial charge in [-0.25, -0.2) is 0 Å². The van der Waals surface area contributed by atoms with Crippen molar-refractivity contribution in [1.82, 2.24) is 0 Å². The molecule has 1 aliphatic rings. The third-order valence-corrected chi connectivity index (χ3v) is 4.59. The number of benzene rings is 2. The maximum Gasteiger partial charge on any atom is 0.194 e. The van der Waals surface area contributed by atoms with E-state index in [1.807, 2.05) is 42.5 Å². The molecule has 0 saturated carbocycles. The van der Waals surface area contributed by atoms with Crippen LogP contribution in [0.4, 0.5) is 5.69 Å². The van der Waals surface area contributed by atoms with Crippen LogP contribution in [0.3, 0.4) is 0 Å². The first-order valence-electron chi connectivity index (χ1n) is 6.49. The Labute approximate surface area is 136 Å². The van der Waals surface area contributed by atoms with Crippen LogP contribution >= 0.6 is 27.5 Å². The predicted octanol–water partition coefficient (Wildman–Crippen LogP) is 4.35. The highest BCUT2D eigenvalue weighted by Crippen LogP contribution is 2.36. The minimum absolute atomic E-state index is 0.0480. The van der Waals surface area contributed by atoms with Crippen LogP contribution in [0.25, 0.3) is 0 Å². The fourth-order valence-corrected chi connectivity index (χ4v) is 2.84. The van der Waals surface area contributed by atoms with E-state index in [0.717, 1.165) is 15.7 Å². The largest absolute Gasteiger partial charge is 0.370 e. The van der Waals surface area contributed by atoms with E-state index in [0.29, 0.717) is 17.1 Å². The molecule has 0 fully saturated rings. The first kappa shape index (κ1) is 14.3. The Morgan fingerprint density at radius 1 is 1.24 bits per heavy atom. The van der Waals surface area contributed by atoms with Crippen molar-refractivity contribution in [2.24, 2.45) is 4.99 Å². The molecule has 0 spiro atoms.